The smallest absolute Gasteiger partial charge is 0.250 e. The number of nitrogens with zero attached hydrogens (tertiary/aromatic N) is 2. The van der Waals surface area contributed by atoms with Gasteiger partial charge in [-0.25, -0.2) is 12.8 Å². The molecule has 3 aromatic rings. The third-order valence-electron chi connectivity index (χ3n) is 3.43. The van der Waals surface area contributed by atoms with Crippen molar-refractivity contribution in [1.82, 2.24) is 10.2 Å². The summed E-state index contributed by atoms with van der Waals surface area (Å²) in [6, 6.07) is 14.8. The molecule has 3 rings (SSSR count). The van der Waals surface area contributed by atoms with Crippen LogP contribution in [0.25, 0.3) is 6.08 Å². The van der Waals surface area contributed by atoms with E-state index in [2.05, 4.69) is 15.5 Å². The molecule has 0 aliphatic heterocycles. The minimum absolute atomic E-state index is 0.0454. The Bertz CT molecular complexity index is 1080. The van der Waals surface area contributed by atoms with Crippen LogP contribution in [0.4, 0.5) is 9.52 Å². The van der Waals surface area contributed by atoms with Gasteiger partial charge in [-0.15, -0.1) is 10.2 Å². The lowest BCUT2D eigenvalue weighted by Crippen LogP contribution is -2.07. The fourth-order valence-electron chi connectivity index (χ4n) is 2.15. The van der Waals surface area contributed by atoms with Gasteiger partial charge in [-0.05, 0) is 17.7 Å². The molecule has 0 bridgehead atoms. The molecule has 0 spiro atoms. The van der Waals surface area contributed by atoms with Crippen LogP contribution in [0.2, 0.25) is 0 Å². The van der Waals surface area contributed by atoms with E-state index in [1.807, 2.05) is 30.3 Å². The summed E-state index contributed by atoms with van der Waals surface area (Å²) in [6.07, 6.45) is 2.93. The van der Waals surface area contributed by atoms with Crippen molar-refractivity contribution in [3.8, 4) is 0 Å². The van der Waals surface area contributed by atoms with Crippen LogP contribution in [0.5, 0.6) is 0 Å². The zero-order valence-electron chi connectivity index (χ0n) is 13.9. The maximum absolute atomic E-state index is 13.7. The fraction of sp³-hybridized carbons (Fsp3) is 0.0556. The van der Waals surface area contributed by atoms with Crippen LogP contribution >= 0.6 is 11.3 Å². The Morgan fingerprint density at radius 2 is 1.78 bits per heavy atom. The van der Waals surface area contributed by atoms with Gasteiger partial charge in [-0.2, -0.15) is 0 Å². The number of benzene rings is 2. The number of amides is 1. The zero-order valence-corrected chi connectivity index (χ0v) is 15.5. The summed E-state index contributed by atoms with van der Waals surface area (Å²) in [5, 5.41) is 9.78. The highest BCUT2D eigenvalue weighted by Gasteiger charge is 2.22. The van der Waals surface area contributed by atoms with E-state index in [1.54, 1.807) is 12.1 Å². The van der Waals surface area contributed by atoms with Crippen molar-refractivity contribution in [2.45, 2.75) is 10.1 Å². The first-order valence-corrected chi connectivity index (χ1v) is 10.2. The molecule has 9 heteroatoms. The van der Waals surface area contributed by atoms with E-state index in [4.69, 9.17) is 0 Å². The minimum atomic E-state index is -3.87. The highest BCUT2D eigenvalue weighted by molar-refractivity contribution is 7.92. The Kier molecular flexibility index (Phi) is 5.72. The van der Waals surface area contributed by atoms with Gasteiger partial charge in [-0.1, -0.05) is 59.9 Å². The third kappa shape index (κ3) is 5.05. The number of halogens is 1. The van der Waals surface area contributed by atoms with Crippen molar-refractivity contribution in [3.63, 3.8) is 0 Å². The van der Waals surface area contributed by atoms with Gasteiger partial charge in [0, 0.05) is 11.6 Å². The molecule has 0 saturated heterocycles. The molecular formula is C18H14FN3O3S2. The first kappa shape index (κ1) is 18.9. The van der Waals surface area contributed by atoms with Gasteiger partial charge < -0.3 is 0 Å². The van der Waals surface area contributed by atoms with Gasteiger partial charge in [0.15, 0.2) is 0 Å². The summed E-state index contributed by atoms with van der Waals surface area (Å²) in [5.74, 6) is -1.60. The minimum Gasteiger partial charge on any atom is -0.297 e. The average molecular weight is 403 g/mol. The zero-order chi connectivity index (χ0) is 19.3. The van der Waals surface area contributed by atoms with E-state index in [9.17, 15) is 17.6 Å². The third-order valence-corrected chi connectivity index (χ3v) is 6.38. The average Bonchev–Trinajstić information content (AvgIpc) is 3.12. The molecule has 0 radical (unpaired) electrons. The molecular weight excluding hydrogens is 389 g/mol. The van der Waals surface area contributed by atoms with Crippen LogP contribution in [0.15, 0.2) is 65.0 Å². The van der Waals surface area contributed by atoms with Crippen LogP contribution in [-0.2, 0) is 20.4 Å². The van der Waals surface area contributed by atoms with Crippen molar-refractivity contribution in [2.24, 2.45) is 0 Å². The van der Waals surface area contributed by atoms with Crippen molar-refractivity contribution < 1.29 is 17.6 Å². The second kappa shape index (κ2) is 8.19. The highest BCUT2D eigenvalue weighted by atomic mass is 32.2. The second-order valence-corrected chi connectivity index (χ2v) is 8.60. The first-order valence-electron chi connectivity index (χ1n) is 7.78. The van der Waals surface area contributed by atoms with Crippen LogP contribution in [0.1, 0.15) is 11.1 Å². The maximum Gasteiger partial charge on any atom is 0.250 e. The Morgan fingerprint density at radius 1 is 1.07 bits per heavy atom. The van der Waals surface area contributed by atoms with E-state index in [0.717, 1.165) is 5.56 Å². The number of anilines is 1. The van der Waals surface area contributed by atoms with Crippen LogP contribution in [0.3, 0.4) is 0 Å². The van der Waals surface area contributed by atoms with Gasteiger partial charge in [-0.3, -0.25) is 10.1 Å². The number of sulfone groups is 1. The van der Waals surface area contributed by atoms with Gasteiger partial charge in [0.05, 0.1) is 5.75 Å². The summed E-state index contributed by atoms with van der Waals surface area (Å²) in [6.45, 7) is 0. The number of aromatic nitrogens is 2. The lowest BCUT2D eigenvalue weighted by Gasteiger charge is -2.01. The van der Waals surface area contributed by atoms with Crippen molar-refractivity contribution in [3.05, 3.63) is 77.6 Å². The van der Waals surface area contributed by atoms with E-state index < -0.39 is 27.3 Å². The number of rotatable bonds is 6. The van der Waals surface area contributed by atoms with Crippen molar-refractivity contribution in [2.75, 3.05) is 5.32 Å². The molecule has 1 heterocycles. The van der Waals surface area contributed by atoms with Gasteiger partial charge in [0.2, 0.25) is 25.2 Å². The Balaban J connectivity index is 1.68. The monoisotopic (exact) mass is 403 g/mol. The number of carbonyl (C=O) groups is 1. The largest absolute Gasteiger partial charge is 0.297 e. The molecule has 27 heavy (non-hydrogen) atoms. The number of hydrogen-bond acceptors (Lipinski definition) is 6. The van der Waals surface area contributed by atoms with E-state index in [-0.39, 0.29) is 15.0 Å². The summed E-state index contributed by atoms with van der Waals surface area (Å²) in [7, 11) is -3.87. The molecule has 0 saturated carbocycles. The van der Waals surface area contributed by atoms with Crippen molar-refractivity contribution >= 4 is 38.3 Å². The molecule has 138 valence electrons. The molecule has 0 aliphatic carbocycles. The maximum atomic E-state index is 13.7. The normalized spacial score (nSPS) is 11.6. The second-order valence-electron chi connectivity index (χ2n) is 5.46. The number of hydrogen-bond donors (Lipinski definition) is 1. The van der Waals surface area contributed by atoms with Crippen molar-refractivity contribution in [1.29, 1.82) is 0 Å². The van der Waals surface area contributed by atoms with E-state index in [0.29, 0.717) is 11.3 Å². The van der Waals surface area contributed by atoms with E-state index >= 15 is 0 Å². The summed E-state index contributed by atoms with van der Waals surface area (Å²) in [4.78, 5) is 11.9. The lowest BCUT2D eigenvalue weighted by molar-refractivity contribution is -0.111. The summed E-state index contributed by atoms with van der Waals surface area (Å²) >= 11 is 0.716. The quantitative estimate of drug-likeness (QED) is 0.504. The van der Waals surface area contributed by atoms with Gasteiger partial charge >= 0.3 is 0 Å². The molecule has 1 amide bonds. The molecule has 0 aliphatic rings. The van der Waals surface area contributed by atoms with Gasteiger partial charge in [0.1, 0.15) is 5.82 Å². The molecule has 0 unspecified atom stereocenters. The first-order chi connectivity index (χ1) is 12.9. The van der Waals surface area contributed by atoms with Crippen LogP contribution in [-0.4, -0.2) is 24.5 Å². The standard InChI is InChI=1S/C18H14FN3O3S2/c19-15-9-5-4-8-14(15)12-27(24,25)18-22-21-17(26-18)20-16(23)11-10-13-6-2-1-3-7-13/h1-11H,12H2,(H,20,21,23)/b11-10+. The predicted octanol–water partition coefficient (Wildman–Crippen LogP) is 3.30. The predicted molar refractivity (Wildman–Crippen MR) is 101 cm³/mol. The topological polar surface area (TPSA) is 89.0 Å². The molecule has 1 N–H and O–H groups in total. The molecule has 0 atom stereocenters. The Morgan fingerprint density at radius 3 is 2.52 bits per heavy atom. The van der Waals surface area contributed by atoms with Crippen LogP contribution in [0, 0.1) is 5.82 Å². The molecule has 6 nitrogen and oxygen atoms in total. The molecule has 0 fully saturated rings. The Hall–Kier alpha value is -2.91. The van der Waals surface area contributed by atoms with Crippen LogP contribution < -0.4 is 5.32 Å². The molecule has 2 aromatic carbocycles. The number of carbonyl (C=O) groups excluding carboxylic acids is 1. The fourth-order valence-corrected chi connectivity index (χ4v) is 4.49. The van der Waals surface area contributed by atoms with E-state index in [1.165, 1.54) is 24.3 Å². The van der Waals surface area contributed by atoms with Gasteiger partial charge in [0.25, 0.3) is 0 Å². The summed E-state index contributed by atoms with van der Waals surface area (Å²) in [5.41, 5.74) is 0.891. The summed E-state index contributed by atoms with van der Waals surface area (Å²) < 4.78 is 38.1. The SMILES string of the molecule is O=C(/C=C/c1ccccc1)Nc1nnc(S(=O)(=O)Cc2ccccc2F)s1. The lowest BCUT2D eigenvalue weighted by atomic mass is 10.2. The molecule has 1 aromatic heterocycles. The Labute approximate surface area is 159 Å². The number of nitrogens with one attached hydrogen (secondary N) is 1. The highest BCUT2D eigenvalue weighted by Crippen LogP contribution is 2.24.